The first-order valence-corrected chi connectivity index (χ1v) is 12.3. The molecular formula is C28H30N6O3. The van der Waals surface area contributed by atoms with Crippen LogP contribution in [0.15, 0.2) is 72.8 Å². The Kier molecular flexibility index (Phi) is 8.59. The van der Waals surface area contributed by atoms with Crippen LogP contribution in [0.5, 0.6) is 0 Å². The Morgan fingerprint density at radius 2 is 1.76 bits per heavy atom. The van der Waals surface area contributed by atoms with Crippen LogP contribution in [-0.4, -0.2) is 50.7 Å². The molecule has 2 N–H and O–H groups in total. The average molecular weight is 499 g/mol. The lowest BCUT2D eigenvalue weighted by molar-refractivity contribution is 0.0526. The molecule has 0 fully saturated rings. The number of aromatic amines is 1. The number of hydrogen-bond donors (Lipinski definition) is 2. The number of hydrogen-bond acceptors (Lipinski definition) is 6. The Bertz CT molecular complexity index is 1320. The molecule has 4 aromatic rings. The van der Waals surface area contributed by atoms with Gasteiger partial charge in [0.2, 0.25) is 0 Å². The first-order valence-electron chi connectivity index (χ1n) is 12.3. The Morgan fingerprint density at radius 1 is 0.973 bits per heavy atom. The summed E-state index contributed by atoms with van der Waals surface area (Å²) in [6, 6.07) is 22.6. The number of carbonyl (C=O) groups is 2. The number of nitrogens with zero attached hydrogens (tertiary/aromatic N) is 4. The van der Waals surface area contributed by atoms with E-state index in [0.29, 0.717) is 36.8 Å². The fourth-order valence-corrected chi connectivity index (χ4v) is 3.97. The molecular weight excluding hydrogens is 468 g/mol. The SMILES string of the molecule is CCCCN(Cc1ccc(-c2ccccc2-c2nnn[nH]2)cc1)C(=O)Nc1cccc(C(=O)OCC)c1. The predicted molar refractivity (Wildman–Crippen MR) is 142 cm³/mol. The average Bonchev–Trinajstić information content (AvgIpc) is 3.47. The molecule has 3 aromatic carbocycles. The van der Waals surface area contributed by atoms with Crippen molar-refractivity contribution in [3.63, 3.8) is 0 Å². The molecule has 0 saturated heterocycles. The summed E-state index contributed by atoms with van der Waals surface area (Å²) in [6.45, 7) is 5.21. The zero-order valence-electron chi connectivity index (χ0n) is 21.0. The monoisotopic (exact) mass is 498 g/mol. The van der Waals surface area contributed by atoms with Gasteiger partial charge >= 0.3 is 12.0 Å². The van der Waals surface area contributed by atoms with Crippen LogP contribution in [0.3, 0.4) is 0 Å². The van der Waals surface area contributed by atoms with Crippen LogP contribution in [0.25, 0.3) is 22.5 Å². The van der Waals surface area contributed by atoms with E-state index in [4.69, 9.17) is 4.74 Å². The van der Waals surface area contributed by atoms with Gasteiger partial charge in [0.25, 0.3) is 0 Å². The van der Waals surface area contributed by atoms with Gasteiger partial charge in [0.15, 0.2) is 5.82 Å². The molecule has 4 rings (SSSR count). The van der Waals surface area contributed by atoms with Crippen molar-refractivity contribution in [3.05, 3.63) is 83.9 Å². The summed E-state index contributed by atoms with van der Waals surface area (Å²) in [5.41, 5.74) is 4.90. The molecule has 9 heteroatoms. The summed E-state index contributed by atoms with van der Waals surface area (Å²) >= 11 is 0. The topological polar surface area (TPSA) is 113 Å². The highest BCUT2D eigenvalue weighted by Gasteiger charge is 2.16. The largest absolute Gasteiger partial charge is 0.462 e. The molecule has 1 aromatic heterocycles. The maximum atomic E-state index is 13.2. The van der Waals surface area contributed by atoms with Gasteiger partial charge < -0.3 is 15.0 Å². The van der Waals surface area contributed by atoms with E-state index in [9.17, 15) is 9.59 Å². The van der Waals surface area contributed by atoms with E-state index < -0.39 is 5.97 Å². The van der Waals surface area contributed by atoms with Gasteiger partial charge in [0, 0.05) is 24.3 Å². The van der Waals surface area contributed by atoms with E-state index in [1.807, 2.05) is 48.5 Å². The number of anilines is 1. The zero-order valence-corrected chi connectivity index (χ0v) is 21.0. The van der Waals surface area contributed by atoms with E-state index in [1.165, 1.54) is 0 Å². The second-order valence-corrected chi connectivity index (χ2v) is 8.50. The Labute approximate surface area is 215 Å². The number of nitrogens with one attached hydrogen (secondary N) is 2. The highest BCUT2D eigenvalue weighted by molar-refractivity contribution is 5.94. The van der Waals surface area contributed by atoms with Gasteiger partial charge in [0.05, 0.1) is 12.2 Å². The number of amides is 2. The molecule has 0 bridgehead atoms. The van der Waals surface area contributed by atoms with Crippen molar-refractivity contribution in [1.82, 2.24) is 25.5 Å². The Hall–Kier alpha value is -4.53. The molecule has 1 heterocycles. The summed E-state index contributed by atoms with van der Waals surface area (Å²) in [5, 5.41) is 17.2. The van der Waals surface area contributed by atoms with Gasteiger partial charge in [-0.25, -0.2) is 14.7 Å². The number of unbranched alkanes of at least 4 members (excludes halogenated alkanes) is 1. The van der Waals surface area contributed by atoms with Crippen molar-refractivity contribution >= 4 is 17.7 Å². The van der Waals surface area contributed by atoms with Gasteiger partial charge in [0.1, 0.15) is 0 Å². The van der Waals surface area contributed by atoms with Crippen molar-refractivity contribution in [2.75, 3.05) is 18.5 Å². The van der Waals surface area contributed by atoms with Gasteiger partial charge in [-0.1, -0.05) is 67.9 Å². The van der Waals surface area contributed by atoms with Crippen molar-refractivity contribution in [2.24, 2.45) is 0 Å². The zero-order chi connectivity index (χ0) is 26.0. The van der Waals surface area contributed by atoms with E-state index in [-0.39, 0.29) is 6.03 Å². The van der Waals surface area contributed by atoms with Crippen LogP contribution in [0.1, 0.15) is 42.6 Å². The number of rotatable bonds is 10. The number of carbonyl (C=O) groups excluding carboxylic acids is 2. The second kappa shape index (κ2) is 12.4. The van der Waals surface area contributed by atoms with Crippen LogP contribution in [0, 0.1) is 0 Å². The molecule has 2 amide bonds. The normalized spacial score (nSPS) is 10.6. The Balaban J connectivity index is 1.49. The number of aromatic nitrogens is 4. The highest BCUT2D eigenvalue weighted by Crippen LogP contribution is 2.30. The second-order valence-electron chi connectivity index (χ2n) is 8.50. The van der Waals surface area contributed by atoms with E-state index in [2.05, 4.69) is 32.9 Å². The molecule has 0 spiro atoms. The number of esters is 1. The van der Waals surface area contributed by atoms with Crippen LogP contribution >= 0.6 is 0 Å². The van der Waals surface area contributed by atoms with Gasteiger partial charge in [-0.15, -0.1) is 5.10 Å². The van der Waals surface area contributed by atoms with E-state index in [1.54, 1.807) is 36.1 Å². The summed E-state index contributed by atoms with van der Waals surface area (Å²) in [4.78, 5) is 27.0. The smallest absolute Gasteiger partial charge is 0.338 e. The van der Waals surface area contributed by atoms with Crippen LogP contribution < -0.4 is 5.32 Å². The maximum absolute atomic E-state index is 13.2. The third-order valence-electron chi connectivity index (χ3n) is 5.86. The lowest BCUT2D eigenvalue weighted by atomic mass is 9.98. The number of H-pyrrole nitrogens is 1. The fourth-order valence-electron chi connectivity index (χ4n) is 3.97. The van der Waals surface area contributed by atoms with Gasteiger partial charge in [-0.2, -0.15) is 0 Å². The van der Waals surface area contributed by atoms with E-state index in [0.717, 1.165) is 35.1 Å². The third-order valence-corrected chi connectivity index (χ3v) is 5.86. The lowest BCUT2D eigenvalue weighted by Crippen LogP contribution is -2.35. The highest BCUT2D eigenvalue weighted by atomic mass is 16.5. The molecule has 0 aliphatic rings. The minimum Gasteiger partial charge on any atom is -0.462 e. The summed E-state index contributed by atoms with van der Waals surface area (Å²) in [7, 11) is 0. The first-order chi connectivity index (χ1) is 18.1. The molecule has 0 aliphatic carbocycles. The first kappa shape index (κ1) is 25.6. The fraction of sp³-hybridized carbons (Fsp3) is 0.250. The molecule has 0 aliphatic heterocycles. The van der Waals surface area contributed by atoms with Crippen LogP contribution in [0.4, 0.5) is 10.5 Å². The standard InChI is InChI=1S/C28H30N6O3/c1-3-5-17-34(28(36)29-23-10-8-9-22(18-23)27(35)37-4-2)19-20-13-15-21(16-14-20)24-11-6-7-12-25(24)26-30-32-33-31-26/h6-16,18H,3-5,17,19H2,1-2H3,(H,29,36)(H,30,31,32,33). The molecule has 190 valence electrons. The summed E-state index contributed by atoms with van der Waals surface area (Å²) < 4.78 is 5.06. The van der Waals surface area contributed by atoms with E-state index >= 15 is 0 Å². The predicted octanol–water partition coefficient (Wildman–Crippen LogP) is 5.54. The number of ether oxygens (including phenoxy) is 1. The van der Waals surface area contributed by atoms with Crippen molar-refractivity contribution in [2.45, 2.75) is 33.2 Å². The van der Waals surface area contributed by atoms with Gasteiger partial charge in [-0.3, -0.25) is 0 Å². The number of tetrazole rings is 1. The number of urea groups is 1. The third kappa shape index (κ3) is 6.58. The minimum absolute atomic E-state index is 0.221. The summed E-state index contributed by atoms with van der Waals surface area (Å²) in [6.07, 6.45) is 1.85. The lowest BCUT2D eigenvalue weighted by Gasteiger charge is -2.23. The minimum atomic E-state index is -0.414. The number of benzene rings is 3. The quantitative estimate of drug-likeness (QED) is 0.277. The summed E-state index contributed by atoms with van der Waals surface area (Å²) in [5.74, 6) is 0.191. The van der Waals surface area contributed by atoms with Crippen molar-refractivity contribution in [3.8, 4) is 22.5 Å². The molecule has 37 heavy (non-hydrogen) atoms. The van der Waals surface area contributed by atoms with Gasteiger partial charge in [-0.05, 0) is 58.7 Å². The molecule has 0 atom stereocenters. The van der Waals surface area contributed by atoms with Crippen molar-refractivity contribution in [1.29, 1.82) is 0 Å². The van der Waals surface area contributed by atoms with Crippen LogP contribution in [-0.2, 0) is 11.3 Å². The molecule has 0 unspecified atom stereocenters. The van der Waals surface area contributed by atoms with Crippen LogP contribution in [0.2, 0.25) is 0 Å². The maximum Gasteiger partial charge on any atom is 0.338 e. The van der Waals surface area contributed by atoms with Crippen molar-refractivity contribution < 1.29 is 14.3 Å². The molecule has 0 radical (unpaired) electrons. The Morgan fingerprint density at radius 3 is 2.46 bits per heavy atom. The molecule has 9 nitrogen and oxygen atoms in total. The molecule has 0 saturated carbocycles.